The van der Waals surface area contributed by atoms with Gasteiger partial charge in [0.2, 0.25) is 11.8 Å². The second kappa shape index (κ2) is 22.0. The molecule has 77 heavy (non-hydrogen) atoms. The number of carbonyl (C=O) groups excluding carboxylic acids is 2. The van der Waals surface area contributed by atoms with Crippen LogP contribution in [0, 0.1) is 42.7 Å². The number of ether oxygens (including phenoxy) is 2. The topological polar surface area (TPSA) is 184 Å². The number of nitrogens with zero attached hydrogens (tertiary/aromatic N) is 8. The minimum absolute atomic E-state index is 0.00532. The Bertz CT molecular complexity index is 3360. The molecule has 4 aliphatic rings. The summed E-state index contributed by atoms with van der Waals surface area (Å²) in [5.74, 6) is 1.23. The molecule has 3 unspecified atom stereocenters. The van der Waals surface area contributed by atoms with Gasteiger partial charge in [0.05, 0.1) is 39.7 Å². The maximum atomic E-state index is 17.1. The number of amides is 2. The van der Waals surface area contributed by atoms with Gasteiger partial charge in [-0.3, -0.25) is 19.5 Å². The largest absolute Gasteiger partial charge is 0.508 e. The number of hydrogen-bond acceptors (Lipinski definition) is 15. The van der Waals surface area contributed by atoms with Gasteiger partial charge in [-0.2, -0.15) is 9.97 Å². The van der Waals surface area contributed by atoms with E-state index in [0.29, 0.717) is 67.4 Å². The minimum Gasteiger partial charge on any atom is -0.508 e. The molecule has 4 fully saturated rings. The van der Waals surface area contributed by atoms with E-state index in [1.807, 2.05) is 45.3 Å². The number of terminal acetylenes is 1. The van der Waals surface area contributed by atoms with Crippen molar-refractivity contribution in [2.24, 2.45) is 11.8 Å². The molecule has 2 amide bonds. The molecule has 4 aromatic heterocycles. The van der Waals surface area contributed by atoms with Crippen molar-refractivity contribution in [1.82, 2.24) is 45.5 Å². The van der Waals surface area contributed by atoms with E-state index < -0.39 is 23.6 Å². The van der Waals surface area contributed by atoms with Gasteiger partial charge in [-0.05, 0) is 117 Å². The number of fused-ring (bicyclic) bond motifs is 4. The molecule has 3 aromatic carbocycles. The zero-order valence-corrected chi connectivity index (χ0v) is 44.4. The molecule has 0 spiro atoms. The standard InChI is InChI=1S/C58H62F2N10O6S/c1-6-42-45(59)16-13-38-24-41(71)25-43(50(38)42)52-51(60)53-44(27-61-52)55(69-28-39-14-15-40(29-69)64-39)66-58(65-53)74-23-22-68-20-17-35(18-21-68)30-75-48-26-47(76-67-48)49(32(2)3)57(73)70-19-7-8-46(70)56(72)63-33(4)36-9-11-37(12-10-36)54-34(5)62-31-77-54/h1,9-13,16,24-27,31-33,35,39-40,46,49,64,71H,7-8,14-15,17-23,28-30H2,2-5H3,(H,63,72)/t33-,39?,40?,46-,49?/m0/s1. The zero-order valence-electron chi connectivity index (χ0n) is 43.6. The number of aromatic hydroxyl groups is 1. The Kier molecular flexibility index (Phi) is 14.8. The lowest BCUT2D eigenvalue weighted by atomic mass is 9.91. The van der Waals surface area contributed by atoms with E-state index in [0.717, 1.165) is 66.9 Å². The fourth-order valence-corrected chi connectivity index (χ4v) is 12.5. The first-order valence-electron chi connectivity index (χ1n) is 26.6. The Hall–Kier alpha value is -7.27. The number of carbonyl (C=O) groups is 2. The molecule has 0 saturated carbocycles. The quantitative estimate of drug-likeness (QED) is 0.0780. The highest BCUT2D eigenvalue weighted by Crippen LogP contribution is 2.40. The summed E-state index contributed by atoms with van der Waals surface area (Å²) in [6, 6.07) is 15.1. The Balaban J connectivity index is 0.701. The SMILES string of the molecule is C#Cc1c(F)ccc2cc(O)cc(-c3ncc4c(N5CC6CCC(C5)N6)nc(OCCN5CCC(COc6cc(C(C(=O)N7CCC[C@H]7C(=O)N[C@@H](C)c7ccc(-c8scnc8C)cc7)C(C)C)on6)CC5)nc4c3F)c12. The normalized spacial score (nSPS) is 19.7. The molecule has 11 rings (SSSR count). The lowest BCUT2D eigenvalue weighted by Gasteiger charge is -2.34. The highest BCUT2D eigenvalue weighted by atomic mass is 32.1. The number of rotatable bonds is 16. The number of aryl methyl sites for hydroxylation is 1. The number of pyridine rings is 1. The van der Waals surface area contributed by atoms with E-state index in [1.165, 1.54) is 30.5 Å². The van der Waals surface area contributed by atoms with E-state index in [1.54, 1.807) is 22.3 Å². The average Bonchev–Trinajstić information content (AvgIpc) is 4.35. The number of piperazine rings is 1. The first kappa shape index (κ1) is 51.8. The van der Waals surface area contributed by atoms with Crippen molar-refractivity contribution < 1.29 is 37.5 Å². The van der Waals surface area contributed by atoms with E-state index in [2.05, 4.69) is 58.6 Å². The van der Waals surface area contributed by atoms with Crippen molar-refractivity contribution >= 4 is 50.6 Å². The second-order valence-electron chi connectivity index (χ2n) is 21.3. The summed E-state index contributed by atoms with van der Waals surface area (Å²) in [6.45, 7) is 12.6. The summed E-state index contributed by atoms with van der Waals surface area (Å²) in [7, 11) is 0. The van der Waals surface area contributed by atoms with E-state index in [-0.39, 0.29) is 87.9 Å². The molecule has 19 heteroatoms. The summed E-state index contributed by atoms with van der Waals surface area (Å²) in [4.78, 5) is 53.7. The van der Waals surface area contributed by atoms with Crippen molar-refractivity contribution in [2.45, 2.75) is 96.3 Å². The van der Waals surface area contributed by atoms with Gasteiger partial charge in [0.1, 0.15) is 47.2 Å². The summed E-state index contributed by atoms with van der Waals surface area (Å²) in [6.07, 6.45) is 12.4. The number of piperidine rings is 1. The summed E-state index contributed by atoms with van der Waals surface area (Å²) in [5.41, 5.74) is 4.83. The van der Waals surface area contributed by atoms with Crippen molar-refractivity contribution in [2.75, 3.05) is 57.4 Å². The lowest BCUT2D eigenvalue weighted by molar-refractivity contribution is -0.141. The molecule has 0 radical (unpaired) electrons. The van der Waals surface area contributed by atoms with Gasteiger partial charge in [0.25, 0.3) is 5.88 Å². The summed E-state index contributed by atoms with van der Waals surface area (Å²) < 4.78 is 50.3. The Morgan fingerprint density at radius 1 is 0.974 bits per heavy atom. The van der Waals surface area contributed by atoms with Crippen LogP contribution in [0.25, 0.3) is 43.4 Å². The third-order valence-electron chi connectivity index (χ3n) is 15.8. The molecule has 8 heterocycles. The van der Waals surface area contributed by atoms with Crippen LogP contribution in [0.4, 0.5) is 14.6 Å². The van der Waals surface area contributed by atoms with Gasteiger partial charge in [0.15, 0.2) is 11.6 Å². The molecule has 0 aliphatic carbocycles. The molecule has 3 N–H and O–H groups in total. The lowest BCUT2D eigenvalue weighted by Crippen LogP contribution is -2.51. The molecule has 16 nitrogen and oxygen atoms in total. The molecule has 2 bridgehead atoms. The van der Waals surface area contributed by atoms with Gasteiger partial charge < -0.3 is 39.5 Å². The average molecular weight is 1070 g/mol. The smallest absolute Gasteiger partial charge is 0.319 e. The van der Waals surface area contributed by atoms with Crippen molar-refractivity contribution in [1.29, 1.82) is 0 Å². The molecule has 400 valence electrons. The number of hydrogen-bond donors (Lipinski definition) is 3. The fraction of sp³-hybridized carbons (Fsp3) is 0.431. The van der Waals surface area contributed by atoms with Crippen LogP contribution < -0.4 is 25.0 Å². The highest BCUT2D eigenvalue weighted by Gasteiger charge is 2.41. The zero-order chi connectivity index (χ0) is 53.5. The number of thiazole rings is 1. The Morgan fingerprint density at radius 3 is 2.48 bits per heavy atom. The maximum absolute atomic E-state index is 17.1. The van der Waals surface area contributed by atoms with Gasteiger partial charge in [0, 0.05) is 61.5 Å². The van der Waals surface area contributed by atoms with E-state index in [9.17, 15) is 14.7 Å². The molecule has 4 aliphatic heterocycles. The number of likely N-dealkylation sites (tertiary alicyclic amines) is 2. The van der Waals surface area contributed by atoms with Crippen LogP contribution in [0.2, 0.25) is 0 Å². The van der Waals surface area contributed by atoms with Crippen LogP contribution in [-0.4, -0.2) is 122 Å². The Labute approximate surface area is 449 Å². The predicted molar refractivity (Wildman–Crippen MR) is 290 cm³/mol. The highest BCUT2D eigenvalue weighted by molar-refractivity contribution is 7.13. The number of anilines is 1. The summed E-state index contributed by atoms with van der Waals surface area (Å²) >= 11 is 1.60. The van der Waals surface area contributed by atoms with Crippen LogP contribution in [0.5, 0.6) is 17.6 Å². The first-order valence-corrected chi connectivity index (χ1v) is 27.5. The molecular formula is C58H62F2N10O6S. The maximum Gasteiger partial charge on any atom is 0.319 e. The fourth-order valence-electron chi connectivity index (χ4n) is 11.7. The van der Waals surface area contributed by atoms with Crippen LogP contribution in [-0.2, 0) is 9.59 Å². The third kappa shape index (κ3) is 10.6. The van der Waals surface area contributed by atoms with E-state index in [4.69, 9.17) is 25.4 Å². The van der Waals surface area contributed by atoms with Crippen LogP contribution >= 0.6 is 11.3 Å². The van der Waals surface area contributed by atoms with Crippen molar-refractivity contribution in [3.05, 3.63) is 101 Å². The van der Waals surface area contributed by atoms with Crippen LogP contribution in [0.15, 0.2) is 70.8 Å². The molecular weight excluding hydrogens is 1000 g/mol. The first-order chi connectivity index (χ1) is 37.3. The summed E-state index contributed by atoms with van der Waals surface area (Å²) in [5, 5.41) is 22.8. The van der Waals surface area contributed by atoms with Crippen LogP contribution in [0.1, 0.15) is 93.8 Å². The van der Waals surface area contributed by atoms with Gasteiger partial charge in [-0.1, -0.05) is 50.1 Å². The number of halogens is 2. The monoisotopic (exact) mass is 1060 g/mol. The van der Waals surface area contributed by atoms with Gasteiger partial charge in [-0.25, -0.2) is 13.8 Å². The van der Waals surface area contributed by atoms with Crippen molar-refractivity contribution in [3.8, 4) is 51.7 Å². The number of nitrogens with one attached hydrogen (secondary N) is 2. The second-order valence-corrected chi connectivity index (χ2v) is 22.1. The predicted octanol–water partition coefficient (Wildman–Crippen LogP) is 8.95. The molecule has 4 saturated heterocycles. The third-order valence-corrected chi connectivity index (χ3v) is 16.8. The van der Waals surface area contributed by atoms with Gasteiger partial charge in [-0.15, -0.1) is 17.8 Å². The number of benzene rings is 3. The van der Waals surface area contributed by atoms with Crippen LogP contribution in [0.3, 0.4) is 0 Å². The van der Waals surface area contributed by atoms with Gasteiger partial charge >= 0.3 is 6.01 Å². The Morgan fingerprint density at radius 2 is 1.75 bits per heavy atom. The minimum atomic E-state index is -0.767. The number of phenols is 1. The number of phenolic OH excluding ortho intramolecular Hbond substituents is 1. The number of aromatic nitrogens is 5. The molecule has 7 aromatic rings. The molecule has 5 atom stereocenters. The van der Waals surface area contributed by atoms with E-state index >= 15 is 8.78 Å². The van der Waals surface area contributed by atoms with Crippen molar-refractivity contribution in [3.63, 3.8) is 0 Å².